The minimum atomic E-state index is 0.893. The third kappa shape index (κ3) is 11.6. The summed E-state index contributed by atoms with van der Waals surface area (Å²) in [5, 5.41) is 0. The van der Waals surface area contributed by atoms with Crippen molar-refractivity contribution in [2.45, 2.75) is 110 Å². The average Bonchev–Trinajstić information content (AvgIpc) is 2.96. The highest BCUT2D eigenvalue weighted by Crippen LogP contribution is 2.14. The fraction of sp³-hybridized carbons (Fsp3) is 0.952. The summed E-state index contributed by atoms with van der Waals surface area (Å²) in [4.78, 5) is 0. The van der Waals surface area contributed by atoms with Gasteiger partial charge < -0.3 is 4.74 Å². The van der Waals surface area contributed by atoms with Gasteiger partial charge in [0.25, 0.3) is 0 Å². The van der Waals surface area contributed by atoms with E-state index >= 15 is 0 Å². The third-order valence-corrected chi connectivity index (χ3v) is 5.12. The van der Waals surface area contributed by atoms with Gasteiger partial charge in [0.1, 0.15) is 7.05 Å². The number of hydrogen-bond acceptors (Lipinski definition) is 1. The van der Waals surface area contributed by atoms with Gasteiger partial charge in [-0.3, -0.25) is 0 Å². The molecule has 0 atom stereocenters. The highest BCUT2D eigenvalue weighted by Gasteiger charge is 2.18. The first-order chi connectivity index (χ1) is 11.3. The fourth-order valence-electron chi connectivity index (χ4n) is 3.45. The van der Waals surface area contributed by atoms with Crippen LogP contribution in [0.15, 0.2) is 0 Å². The first-order valence-corrected chi connectivity index (χ1v) is 10.5. The van der Waals surface area contributed by atoms with Crippen molar-refractivity contribution in [2.75, 3.05) is 20.2 Å². The predicted molar refractivity (Wildman–Crippen MR) is 102 cm³/mol. The standard InChI is InChI=1S/C21H42NO/c1-3-4-5-6-7-8-9-10-11-12-13-14-15-16-17-18-21-22(2)19-20-23-21/h3-20H2,1-2H3/q+1. The van der Waals surface area contributed by atoms with Gasteiger partial charge in [0.05, 0.1) is 6.42 Å². The van der Waals surface area contributed by atoms with Crippen LogP contribution in [0.4, 0.5) is 0 Å². The molecule has 136 valence electrons. The SMILES string of the molecule is CCCCCCCCCCCCCCCCCC1=[N+](C)CCO1. The minimum absolute atomic E-state index is 0.893. The van der Waals surface area contributed by atoms with E-state index in [1.165, 1.54) is 102 Å². The van der Waals surface area contributed by atoms with Crippen LogP contribution in [-0.4, -0.2) is 30.7 Å². The minimum Gasteiger partial charge on any atom is -0.441 e. The molecule has 23 heavy (non-hydrogen) atoms. The van der Waals surface area contributed by atoms with Crippen molar-refractivity contribution in [3.63, 3.8) is 0 Å². The second-order valence-corrected chi connectivity index (χ2v) is 7.36. The summed E-state index contributed by atoms with van der Waals surface area (Å²) in [5.41, 5.74) is 0. The van der Waals surface area contributed by atoms with E-state index in [0.717, 1.165) is 19.6 Å². The Labute approximate surface area is 145 Å². The molecule has 0 aliphatic carbocycles. The molecule has 0 fully saturated rings. The van der Waals surface area contributed by atoms with Crippen LogP contribution in [-0.2, 0) is 4.74 Å². The number of ether oxygens (including phenoxy) is 1. The van der Waals surface area contributed by atoms with Gasteiger partial charge in [0, 0.05) is 0 Å². The molecule has 1 heterocycles. The van der Waals surface area contributed by atoms with E-state index in [0.29, 0.717) is 0 Å². The number of hydrogen-bond donors (Lipinski definition) is 0. The Balaban J connectivity index is 1.71. The molecule has 0 saturated heterocycles. The van der Waals surface area contributed by atoms with Crippen LogP contribution in [0.5, 0.6) is 0 Å². The lowest BCUT2D eigenvalue weighted by molar-refractivity contribution is -0.488. The summed E-state index contributed by atoms with van der Waals surface area (Å²) in [6, 6.07) is 0. The molecule has 0 N–H and O–H groups in total. The van der Waals surface area contributed by atoms with Gasteiger partial charge in [-0.25, -0.2) is 4.58 Å². The highest BCUT2D eigenvalue weighted by molar-refractivity contribution is 5.71. The topological polar surface area (TPSA) is 12.2 Å². The molecule has 0 bridgehead atoms. The van der Waals surface area contributed by atoms with E-state index in [1.807, 2.05) is 0 Å². The number of rotatable bonds is 16. The Bertz CT molecular complexity index is 298. The van der Waals surface area contributed by atoms with Gasteiger partial charge in [-0.15, -0.1) is 0 Å². The molecule has 2 heteroatoms. The first-order valence-electron chi connectivity index (χ1n) is 10.5. The zero-order valence-corrected chi connectivity index (χ0v) is 16.1. The van der Waals surface area contributed by atoms with Crippen molar-refractivity contribution in [3.05, 3.63) is 0 Å². The molecule has 0 amide bonds. The molecule has 0 spiro atoms. The van der Waals surface area contributed by atoms with Crippen LogP contribution in [0.2, 0.25) is 0 Å². The monoisotopic (exact) mass is 324 g/mol. The third-order valence-electron chi connectivity index (χ3n) is 5.12. The Morgan fingerprint density at radius 2 is 1.13 bits per heavy atom. The van der Waals surface area contributed by atoms with E-state index in [9.17, 15) is 0 Å². The van der Waals surface area contributed by atoms with Crippen LogP contribution < -0.4 is 0 Å². The zero-order chi connectivity index (χ0) is 16.6. The highest BCUT2D eigenvalue weighted by atomic mass is 16.5. The summed E-state index contributed by atoms with van der Waals surface area (Å²) < 4.78 is 7.89. The van der Waals surface area contributed by atoms with Crippen LogP contribution in [0.25, 0.3) is 0 Å². The maximum atomic E-state index is 5.63. The van der Waals surface area contributed by atoms with Crippen molar-refractivity contribution in [2.24, 2.45) is 0 Å². The van der Waals surface area contributed by atoms with Crippen molar-refractivity contribution in [1.29, 1.82) is 0 Å². The summed E-state index contributed by atoms with van der Waals surface area (Å²) >= 11 is 0. The van der Waals surface area contributed by atoms with E-state index < -0.39 is 0 Å². The molecule has 0 saturated carbocycles. The van der Waals surface area contributed by atoms with Crippen LogP contribution in [0, 0.1) is 0 Å². The summed E-state index contributed by atoms with van der Waals surface area (Å²) in [6.07, 6.45) is 22.6. The zero-order valence-electron chi connectivity index (χ0n) is 16.1. The van der Waals surface area contributed by atoms with Crippen LogP contribution in [0.3, 0.4) is 0 Å². The van der Waals surface area contributed by atoms with Crippen LogP contribution in [0.1, 0.15) is 110 Å². The Morgan fingerprint density at radius 3 is 1.52 bits per heavy atom. The molecule has 1 rings (SSSR count). The average molecular weight is 325 g/mol. The van der Waals surface area contributed by atoms with Gasteiger partial charge in [-0.1, -0.05) is 96.8 Å². The lowest BCUT2D eigenvalue weighted by Crippen LogP contribution is -2.10. The van der Waals surface area contributed by atoms with Crippen LogP contribution >= 0.6 is 0 Å². The van der Waals surface area contributed by atoms with Gasteiger partial charge in [-0.2, -0.15) is 0 Å². The molecule has 0 aromatic heterocycles. The molecule has 0 unspecified atom stereocenters. The molecule has 0 aromatic rings. The predicted octanol–water partition coefficient (Wildman–Crippen LogP) is 6.32. The van der Waals surface area contributed by atoms with E-state index in [4.69, 9.17) is 4.74 Å². The lowest BCUT2D eigenvalue weighted by Gasteiger charge is -2.03. The molecule has 2 nitrogen and oxygen atoms in total. The van der Waals surface area contributed by atoms with Crippen molar-refractivity contribution >= 4 is 5.90 Å². The summed E-state index contributed by atoms with van der Waals surface area (Å²) in [5.74, 6) is 1.22. The van der Waals surface area contributed by atoms with Gasteiger partial charge >= 0.3 is 5.90 Å². The quantitative estimate of drug-likeness (QED) is 0.239. The summed E-state index contributed by atoms with van der Waals surface area (Å²) in [7, 11) is 2.15. The van der Waals surface area contributed by atoms with Gasteiger partial charge in [-0.05, 0) is 6.42 Å². The number of likely N-dealkylation sites (N-methyl/N-ethyl adjacent to an activating group) is 1. The number of unbranched alkanes of at least 4 members (excludes halogenated alkanes) is 14. The second kappa shape index (κ2) is 15.0. The van der Waals surface area contributed by atoms with Crippen molar-refractivity contribution in [3.8, 4) is 0 Å². The summed E-state index contributed by atoms with van der Waals surface area (Å²) in [6.45, 7) is 4.26. The van der Waals surface area contributed by atoms with Gasteiger partial charge in [0.15, 0.2) is 13.2 Å². The van der Waals surface area contributed by atoms with E-state index in [2.05, 4.69) is 18.5 Å². The van der Waals surface area contributed by atoms with Crippen molar-refractivity contribution < 1.29 is 9.31 Å². The largest absolute Gasteiger partial charge is 0.441 e. The first kappa shape index (κ1) is 20.5. The normalized spacial score (nSPS) is 14.5. The van der Waals surface area contributed by atoms with E-state index in [1.54, 1.807) is 0 Å². The molecule has 1 aliphatic heterocycles. The maximum absolute atomic E-state index is 5.63. The Morgan fingerprint density at radius 1 is 0.696 bits per heavy atom. The molecule has 0 aromatic carbocycles. The van der Waals surface area contributed by atoms with Crippen molar-refractivity contribution in [1.82, 2.24) is 0 Å². The molecular formula is C21H42NO+. The lowest BCUT2D eigenvalue weighted by atomic mass is 10.0. The number of nitrogens with zero attached hydrogens (tertiary/aromatic N) is 1. The molecular weight excluding hydrogens is 282 g/mol. The Kier molecular flexibility index (Phi) is 13.4. The Hall–Kier alpha value is -0.530. The second-order valence-electron chi connectivity index (χ2n) is 7.36. The van der Waals surface area contributed by atoms with E-state index in [-0.39, 0.29) is 0 Å². The van der Waals surface area contributed by atoms with Gasteiger partial charge in [0.2, 0.25) is 0 Å². The fourth-order valence-corrected chi connectivity index (χ4v) is 3.45. The molecule has 1 aliphatic rings. The maximum Gasteiger partial charge on any atom is 0.336 e. The smallest absolute Gasteiger partial charge is 0.336 e. The molecule has 0 radical (unpaired) electrons.